The Balaban J connectivity index is 1.45. The number of nitrogens with zero attached hydrogens (tertiary/aromatic N) is 8. The molecule has 10 nitrogen and oxygen atoms in total. The van der Waals surface area contributed by atoms with Crippen molar-refractivity contribution in [3.8, 4) is 40.5 Å². The minimum atomic E-state index is -4.54. The predicted octanol–water partition coefficient (Wildman–Crippen LogP) is 4.68. The highest BCUT2D eigenvalue weighted by atomic mass is 19.4. The number of alkyl halides is 3. The summed E-state index contributed by atoms with van der Waals surface area (Å²) in [6, 6.07) is 6.89. The molecule has 3 aromatic heterocycles. The van der Waals surface area contributed by atoms with Gasteiger partial charge < -0.3 is 19.3 Å². The molecule has 5 rings (SSSR count). The van der Waals surface area contributed by atoms with E-state index in [9.17, 15) is 18.3 Å². The molecule has 0 spiro atoms. The Labute approximate surface area is 240 Å². The van der Waals surface area contributed by atoms with Gasteiger partial charge in [-0.2, -0.15) is 18.2 Å². The summed E-state index contributed by atoms with van der Waals surface area (Å²) in [6.07, 6.45) is 1.40. The summed E-state index contributed by atoms with van der Waals surface area (Å²) >= 11 is 0. The maximum Gasteiger partial charge on any atom is 0.434 e. The van der Waals surface area contributed by atoms with Gasteiger partial charge in [0.25, 0.3) is 0 Å². The summed E-state index contributed by atoms with van der Waals surface area (Å²) < 4.78 is 47.1. The van der Waals surface area contributed by atoms with Gasteiger partial charge in [-0.1, -0.05) is 36.1 Å². The van der Waals surface area contributed by atoms with Crippen LogP contribution in [0.25, 0.3) is 22.8 Å². The highest BCUT2D eigenvalue weighted by Gasteiger charge is 2.35. The fourth-order valence-corrected chi connectivity index (χ4v) is 4.50. The molecule has 1 aliphatic carbocycles. The lowest BCUT2D eigenvalue weighted by molar-refractivity contribution is -0.140. The van der Waals surface area contributed by atoms with E-state index in [0.717, 1.165) is 30.3 Å². The highest BCUT2D eigenvalue weighted by molar-refractivity contribution is 5.66. The van der Waals surface area contributed by atoms with Gasteiger partial charge in [0, 0.05) is 30.3 Å². The molecule has 13 heteroatoms. The van der Waals surface area contributed by atoms with Crippen molar-refractivity contribution in [3.05, 3.63) is 60.1 Å². The van der Waals surface area contributed by atoms with Crippen LogP contribution in [0.4, 0.5) is 19.1 Å². The van der Waals surface area contributed by atoms with Crippen LogP contribution in [0.15, 0.2) is 43.1 Å². The van der Waals surface area contributed by atoms with Crippen LogP contribution in [0.3, 0.4) is 0 Å². The molecular weight excluding hydrogens is 549 g/mol. The Kier molecular flexibility index (Phi) is 8.35. The summed E-state index contributed by atoms with van der Waals surface area (Å²) in [5.74, 6) is 7.17. The van der Waals surface area contributed by atoms with Crippen molar-refractivity contribution in [2.24, 2.45) is 0 Å². The molecule has 3 heterocycles. The Bertz CT molecular complexity index is 1610. The number of hydrogen-bond acceptors (Lipinski definition) is 9. The minimum absolute atomic E-state index is 0.205. The molecule has 0 atom stereocenters. The number of hydrogen-bond donors (Lipinski definition) is 1. The summed E-state index contributed by atoms with van der Waals surface area (Å²) in [7, 11) is 1.53. The number of aromatic nitrogens is 7. The second-order valence-electron chi connectivity index (χ2n) is 10.0. The van der Waals surface area contributed by atoms with E-state index in [-0.39, 0.29) is 25.0 Å². The lowest BCUT2D eigenvalue weighted by atomic mass is 10.1. The van der Waals surface area contributed by atoms with Crippen LogP contribution in [0, 0.1) is 11.8 Å². The Morgan fingerprint density at radius 2 is 1.79 bits per heavy atom. The van der Waals surface area contributed by atoms with Gasteiger partial charge >= 0.3 is 6.18 Å². The molecule has 1 saturated carbocycles. The van der Waals surface area contributed by atoms with Crippen LogP contribution in [0.5, 0.6) is 5.88 Å². The van der Waals surface area contributed by atoms with Gasteiger partial charge in [0.05, 0.1) is 19.3 Å². The molecular formula is C29H29F3N8O2. The SMILES string of the molecule is COc1ncnc(C2CC2)c1-c1ncnc(N(CC#CCO)Cc2ccc(-c3nc(C(F)(F)F)cn3C(C)C)cc2)n1. The van der Waals surface area contributed by atoms with Crippen molar-refractivity contribution in [1.82, 2.24) is 34.5 Å². The van der Waals surface area contributed by atoms with Crippen LogP contribution >= 0.6 is 0 Å². The molecule has 0 unspecified atom stereocenters. The van der Waals surface area contributed by atoms with Crippen LogP contribution in [0.1, 0.15) is 55.6 Å². The number of anilines is 1. The molecule has 218 valence electrons. The van der Waals surface area contributed by atoms with E-state index in [1.807, 2.05) is 17.0 Å². The summed E-state index contributed by atoms with van der Waals surface area (Å²) in [6.45, 7) is 3.85. The van der Waals surface area contributed by atoms with Gasteiger partial charge in [-0.3, -0.25) is 0 Å². The van der Waals surface area contributed by atoms with Crippen molar-refractivity contribution in [2.75, 3.05) is 25.2 Å². The lowest BCUT2D eigenvalue weighted by Crippen LogP contribution is -2.25. The summed E-state index contributed by atoms with van der Waals surface area (Å²) in [5.41, 5.74) is 1.91. The Morgan fingerprint density at radius 1 is 1.05 bits per heavy atom. The van der Waals surface area contributed by atoms with Gasteiger partial charge in [-0.15, -0.1) is 0 Å². The quantitative estimate of drug-likeness (QED) is 0.283. The fourth-order valence-electron chi connectivity index (χ4n) is 4.50. The lowest BCUT2D eigenvalue weighted by Gasteiger charge is -2.21. The number of aliphatic hydroxyl groups is 1. The van der Waals surface area contributed by atoms with Crippen molar-refractivity contribution in [2.45, 2.75) is 51.4 Å². The first kappa shape index (κ1) is 28.9. The average Bonchev–Trinajstić information content (AvgIpc) is 3.72. The van der Waals surface area contributed by atoms with Gasteiger partial charge in [0.15, 0.2) is 11.5 Å². The summed E-state index contributed by atoms with van der Waals surface area (Å²) in [5, 5.41) is 9.19. The monoisotopic (exact) mass is 578 g/mol. The number of rotatable bonds is 9. The molecule has 0 bridgehead atoms. The van der Waals surface area contributed by atoms with E-state index in [2.05, 4.69) is 36.8 Å². The van der Waals surface area contributed by atoms with E-state index < -0.39 is 11.9 Å². The van der Waals surface area contributed by atoms with E-state index in [0.29, 0.717) is 41.2 Å². The molecule has 1 aliphatic rings. The topological polar surface area (TPSA) is 115 Å². The van der Waals surface area contributed by atoms with Crippen LogP contribution < -0.4 is 9.64 Å². The number of methoxy groups -OCH3 is 1. The first-order chi connectivity index (χ1) is 20.2. The third-order valence-electron chi connectivity index (χ3n) is 6.70. The molecule has 0 radical (unpaired) electrons. The molecule has 1 fully saturated rings. The van der Waals surface area contributed by atoms with Gasteiger partial charge in [-0.05, 0) is 32.3 Å². The molecule has 0 aliphatic heterocycles. The predicted molar refractivity (Wildman–Crippen MR) is 148 cm³/mol. The normalized spacial score (nSPS) is 13.1. The Morgan fingerprint density at radius 3 is 2.43 bits per heavy atom. The van der Waals surface area contributed by atoms with Gasteiger partial charge in [0.1, 0.15) is 30.6 Å². The zero-order valence-electron chi connectivity index (χ0n) is 23.3. The van der Waals surface area contributed by atoms with E-state index in [1.165, 1.54) is 24.3 Å². The van der Waals surface area contributed by atoms with Gasteiger partial charge in [-0.25, -0.2) is 24.9 Å². The molecule has 4 aromatic rings. The first-order valence-electron chi connectivity index (χ1n) is 13.3. The maximum atomic E-state index is 13.4. The molecule has 0 amide bonds. The zero-order valence-corrected chi connectivity index (χ0v) is 23.3. The number of ether oxygens (including phenoxy) is 1. The van der Waals surface area contributed by atoms with Crippen LogP contribution in [-0.2, 0) is 12.7 Å². The standard InChI is InChI=1S/C29H29F3N8O2/c1-18(2)40-15-22(29(30,31)32)37-26(40)21-8-6-19(7-9-21)14-39(12-4-5-13-41)28-36-17-34-25(38-28)23-24(20-10-11-20)33-16-35-27(23)42-3/h6-9,15-18,20,41H,10-14H2,1-3H3. The van der Waals surface area contributed by atoms with E-state index in [4.69, 9.17) is 9.72 Å². The molecule has 1 N–H and O–H groups in total. The maximum absolute atomic E-state index is 13.4. The largest absolute Gasteiger partial charge is 0.480 e. The van der Waals surface area contributed by atoms with Crippen molar-refractivity contribution >= 4 is 5.95 Å². The van der Waals surface area contributed by atoms with Crippen molar-refractivity contribution < 1.29 is 23.0 Å². The van der Waals surface area contributed by atoms with Gasteiger partial charge in [0.2, 0.25) is 11.8 Å². The zero-order chi connectivity index (χ0) is 29.9. The van der Waals surface area contributed by atoms with Crippen molar-refractivity contribution in [3.63, 3.8) is 0 Å². The number of imidazole rings is 1. The van der Waals surface area contributed by atoms with Crippen LogP contribution in [-0.4, -0.2) is 59.8 Å². The second-order valence-corrected chi connectivity index (χ2v) is 10.0. The number of halogens is 3. The average molecular weight is 579 g/mol. The number of aliphatic hydroxyl groups excluding tert-OH is 1. The van der Waals surface area contributed by atoms with E-state index >= 15 is 0 Å². The molecule has 1 aromatic carbocycles. The Hall–Kier alpha value is -4.57. The minimum Gasteiger partial charge on any atom is -0.480 e. The molecule has 0 saturated heterocycles. The second kappa shape index (κ2) is 12.1. The third-order valence-corrected chi connectivity index (χ3v) is 6.70. The van der Waals surface area contributed by atoms with Crippen LogP contribution in [0.2, 0.25) is 0 Å². The third kappa shape index (κ3) is 6.33. The fraction of sp³-hybridized carbons (Fsp3) is 0.379. The van der Waals surface area contributed by atoms with E-state index in [1.54, 1.807) is 26.0 Å². The first-order valence-corrected chi connectivity index (χ1v) is 13.3. The van der Waals surface area contributed by atoms with Crippen molar-refractivity contribution in [1.29, 1.82) is 0 Å². The number of benzene rings is 1. The smallest absolute Gasteiger partial charge is 0.434 e. The summed E-state index contributed by atoms with van der Waals surface area (Å²) in [4.78, 5) is 27.9. The molecule has 42 heavy (non-hydrogen) atoms. The highest BCUT2D eigenvalue weighted by Crippen LogP contribution is 2.44.